The first kappa shape index (κ1) is 18.5. The number of rotatable bonds is 5. The van der Waals surface area contributed by atoms with E-state index >= 15 is 0 Å². The van der Waals surface area contributed by atoms with Gasteiger partial charge in [-0.15, -0.1) is 0 Å². The number of carbonyl (C=O) groups excluding carboxylic acids is 2. The molecule has 1 saturated heterocycles. The molecule has 2 heterocycles. The fraction of sp³-hybridized carbons (Fsp3) is 0.600. The summed E-state index contributed by atoms with van der Waals surface area (Å²) in [5, 5.41) is 0. The third-order valence-corrected chi connectivity index (χ3v) is 5.29. The minimum atomic E-state index is 0.0979. The molecular weight excluding hydrogens is 332 g/mol. The second kappa shape index (κ2) is 8.43. The molecule has 2 amide bonds. The summed E-state index contributed by atoms with van der Waals surface area (Å²) in [6.45, 7) is 7.03. The lowest BCUT2D eigenvalue weighted by Crippen LogP contribution is -2.40. The zero-order chi connectivity index (χ0) is 18.5. The highest BCUT2D eigenvalue weighted by atomic mass is 16.7. The SMILES string of the molecule is CCC(CC)C(=O)N1CCCN(C(=O)Cc2ccc3c(c2)OCO3)CC1. The van der Waals surface area contributed by atoms with Crippen molar-refractivity contribution in [3.05, 3.63) is 23.8 Å². The minimum absolute atomic E-state index is 0.0979. The van der Waals surface area contributed by atoms with E-state index in [9.17, 15) is 9.59 Å². The first-order valence-electron chi connectivity index (χ1n) is 9.57. The van der Waals surface area contributed by atoms with E-state index in [4.69, 9.17) is 9.47 Å². The third-order valence-electron chi connectivity index (χ3n) is 5.29. The third kappa shape index (κ3) is 4.11. The van der Waals surface area contributed by atoms with Gasteiger partial charge in [0.05, 0.1) is 6.42 Å². The van der Waals surface area contributed by atoms with Gasteiger partial charge >= 0.3 is 0 Å². The van der Waals surface area contributed by atoms with Crippen molar-refractivity contribution in [2.45, 2.75) is 39.5 Å². The minimum Gasteiger partial charge on any atom is -0.454 e. The Bertz CT molecular complexity index is 657. The monoisotopic (exact) mass is 360 g/mol. The number of hydrogen-bond acceptors (Lipinski definition) is 4. The fourth-order valence-electron chi connectivity index (χ4n) is 3.62. The Labute approximate surface area is 155 Å². The van der Waals surface area contributed by atoms with Crippen LogP contribution >= 0.6 is 0 Å². The van der Waals surface area contributed by atoms with Crippen molar-refractivity contribution >= 4 is 11.8 Å². The summed E-state index contributed by atoms with van der Waals surface area (Å²) < 4.78 is 10.7. The summed E-state index contributed by atoms with van der Waals surface area (Å²) in [6, 6.07) is 5.64. The van der Waals surface area contributed by atoms with Gasteiger partial charge in [-0.3, -0.25) is 9.59 Å². The number of ether oxygens (including phenoxy) is 2. The number of benzene rings is 1. The zero-order valence-corrected chi connectivity index (χ0v) is 15.7. The van der Waals surface area contributed by atoms with Crippen LogP contribution < -0.4 is 9.47 Å². The van der Waals surface area contributed by atoms with E-state index in [-0.39, 0.29) is 24.5 Å². The molecule has 6 nitrogen and oxygen atoms in total. The number of nitrogens with zero attached hydrogens (tertiary/aromatic N) is 2. The van der Waals surface area contributed by atoms with Crippen LogP contribution in [0.1, 0.15) is 38.7 Å². The molecule has 0 unspecified atom stereocenters. The number of fused-ring (bicyclic) bond motifs is 1. The van der Waals surface area contributed by atoms with Gasteiger partial charge in [0.2, 0.25) is 18.6 Å². The van der Waals surface area contributed by atoms with Crippen molar-refractivity contribution in [1.29, 1.82) is 0 Å². The molecule has 142 valence electrons. The lowest BCUT2D eigenvalue weighted by molar-refractivity contribution is -0.136. The molecule has 2 aliphatic heterocycles. The molecule has 0 saturated carbocycles. The van der Waals surface area contributed by atoms with Crippen LogP contribution in [0.3, 0.4) is 0 Å². The van der Waals surface area contributed by atoms with E-state index < -0.39 is 0 Å². The summed E-state index contributed by atoms with van der Waals surface area (Å²) in [7, 11) is 0. The summed E-state index contributed by atoms with van der Waals surface area (Å²) in [6.07, 6.45) is 2.92. The Morgan fingerprint density at radius 3 is 2.46 bits per heavy atom. The van der Waals surface area contributed by atoms with E-state index in [2.05, 4.69) is 13.8 Å². The Balaban J connectivity index is 1.56. The van der Waals surface area contributed by atoms with Crippen molar-refractivity contribution in [1.82, 2.24) is 9.80 Å². The summed E-state index contributed by atoms with van der Waals surface area (Å²) in [4.78, 5) is 29.1. The van der Waals surface area contributed by atoms with Gasteiger partial charge in [-0.1, -0.05) is 19.9 Å². The van der Waals surface area contributed by atoms with Gasteiger partial charge in [0.15, 0.2) is 11.5 Å². The normalized spacial score (nSPS) is 16.7. The lowest BCUT2D eigenvalue weighted by atomic mass is 10.0. The topological polar surface area (TPSA) is 59.1 Å². The second-order valence-electron chi connectivity index (χ2n) is 6.94. The highest BCUT2D eigenvalue weighted by molar-refractivity contribution is 5.80. The van der Waals surface area contributed by atoms with Crippen molar-refractivity contribution in [3.8, 4) is 11.5 Å². The quantitative estimate of drug-likeness (QED) is 0.809. The largest absolute Gasteiger partial charge is 0.454 e. The van der Waals surface area contributed by atoms with E-state index in [0.29, 0.717) is 31.8 Å². The highest BCUT2D eigenvalue weighted by Gasteiger charge is 2.25. The molecule has 2 aliphatic rings. The highest BCUT2D eigenvalue weighted by Crippen LogP contribution is 2.32. The lowest BCUT2D eigenvalue weighted by Gasteiger charge is -2.25. The molecule has 0 aromatic heterocycles. The maximum Gasteiger partial charge on any atom is 0.231 e. The molecule has 0 atom stereocenters. The summed E-state index contributed by atoms with van der Waals surface area (Å²) in [5.41, 5.74) is 0.924. The molecular formula is C20H28N2O4. The van der Waals surface area contributed by atoms with E-state index in [0.717, 1.165) is 37.1 Å². The van der Waals surface area contributed by atoms with E-state index in [1.54, 1.807) is 0 Å². The van der Waals surface area contributed by atoms with E-state index in [1.165, 1.54) is 0 Å². The van der Waals surface area contributed by atoms with Crippen molar-refractivity contribution in [3.63, 3.8) is 0 Å². The van der Waals surface area contributed by atoms with E-state index in [1.807, 2.05) is 28.0 Å². The standard InChI is InChI=1S/C20H28N2O4/c1-3-16(4-2)20(24)22-9-5-8-21(10-11-22)19(23)13-15-6-7-17-18(12-15)26-14-25-17/h6-7,12,16H,3-5,8-11,13-14H2,1-2H3. The van der Waals surface area contributed by atoms with Gasteiger partial charge < -0.3 is 19.3 Å². The molecule has 1 aromatic rings. The summed E-state index contributed by atoms with van der Waals surface area (Å²) in [5.74, 6) is 1.87. The van der Waals surface area contributed by atoms with Crippen molar-refractivity contribution in [2.75, 3.05) is 33.0 Å². The molecule has 1 aromatic carbocycles. The molecule has 0 N–H and O–H groups in total. The van der Waals surface area contributed by atoms with Gasteiger partial charge in [0.25, 0.3) is 0 Å². The van der Waals surface area contributed by atoms with Crippen LogP contribution in [0, 0.1) is 5.92 Å². The Morgan fingerprint density at radius 2 is 1.69 bits per heavy atom. The van der Waals surface area contributed by atoms with Crippen LogP contribution in [0.5, 0.6) is 11.5 Å². The summed E-state index contributed by atoms with van der Waals surface area (Å²) >= 11 is 0. The average Bonchev–Trinajstić information content (AvgIpc) is 2.96. The molecule has 26 heavy (non-hydrogen) atoms. The smallest absolute Gasteiger partial charge is 0.231 e. The molecule has 1 fully saturated rings. The Hall–Kier alpha value is -2.24. The molecule has 6 heteroatoms. The Kier molecular flexibility index (Phi) is 6.01. The molecule has 0 radical (unpaired) electrons. The number of amides is 2. The van der Waals surface area contributed by atoms with Gasteiger partial charge in [-0.25, -0.2) is 0 Å². The predicted octanol–water partition coefficient (Wildman–Crippen LogP) is 2.45. The predicted molar refractivity (Wildman–Crippen MR) is 98.1 cm³/mol. The average molecular weight is 360 g/mol. The van der Waals surface area contributed by atoms with Crippen LogP contribution in [-0.2, 0) is 16.0 Å². The maximum absolute atomic E-state index is 12.7. The molecule has 3 rings (SSSR count). The van der Waals surface area contributed by atoms with Crippen LogP contribution in [0.4, 0.5) is 0 Å². The number of hydrogen-bond donors (Lipinski definition) is 0. The van der Waals surface area contributed by atoms with Crippen molar-refractivity contribution in [2.24, 2.45) is 5.92 Å². The fourth-order valence-corrected chi connectivity index (χ4v) is 3.62. The van der Waals surface area contributed by atoms with Crippen LogP contribution in [0.15, 0.2) is 18.2 Å². The molecule has 0 aliphatic carbocycles. The maximum atomic E-state index is 12.7. The van der Waals surface area contributed by atoms with Gasteiger partial charge in [-0.05, 0) is 37.0 Å². The molecule has 0 spiro atoms. The van der Waals surface area contributed by atoms with Gasteiger partial charge in [-0.2, -0.15) is 0 Å². The Morgan fingerprint density at radius 1 is 1.00 bits per heavy atom. The van der Waals surface area contributed by atoms with Crippen LogP contribution in [0.2, 0.25) is 0 Å². The number of carbonyl (C=O) groups is 2. The van der Waals surface area contributed by atoms with Crippen LogP contribution in [-0.4, -0.2) is 54.6 Å². The molecule has 0 bridgehead atoms. The first-order chi connectivity index (χ1) is 12.6. The zero-order valence-electron chi connectivity index (χ0n) is 15.7. The van der Waals surface area contributed by atoms with Gasteiger partial charge in [0.1, 0.15) is 0 Å². The van der Waals surface area contributed by atoms with Crippen molar-refractivity contribution < 1.29 is 19.1 Å². The first-order valence-corrected chi connectivity index (χ1v) is 9.57. The second-order valence-corrected chi connectivity index (χ2v) is 6.94. The van der Waals surface area contributed by atoms with Crippen LogP contribution in [0.25, 0.3) is 0 Å². The van der Waals surface area contributed by atoms with Gasteiger partial charge in [0, 0.05) is 32.1 Å².